The van der Waals surface area contributed by atoms with Gasteiger partial charge in [0.25, 0.3) is 0 Å². The lowest BCUT2D eigenvalue weighted by Crippen LogP contribution is -1.94. The smallest absolute Gasteiger partial charge is 0.230 e. The second kappa shape index (κ2) is 5.05. The van der Waals surface area contributed by atoms with Gasteiger partial charge in [-0.2, -0.15) is 0 Å². The van der Waals surface area contributed by atoms with Gasteiger partial charge in [-0.05, 0) is 36.4 Å². The molecule has 0 fully saturated rings. The summed E-state index contributed by atoms with van der Waals surface area (Å²) in [6, 6.07) is 9.74. The number of nitrogen functional groups attached to an aromatic ring is 1. The minimum absolute atomic E-state index is 0.0932. The average molecular weight is 334 g/mol. The summed E-state index contributed by atoms with van der Waals surface area (Å²) in [5, 5.41) is 0.634. The third-order valence-electron chi connectivity index (χ3n) is 2.72. The molecule has 0 aliphatic carbocycles. The fourth-order valence-corrected chi connectivity index (χ4v) is 2.13. The van der Waals surface area contributed by atoms with Gasteiger partial charge in [0.05, 0.1) is 10.9 Å². The molecule has 0 saturated heterocycles. The van der Waals surface area contributed by atoms with Crippen molar-refractivity contribution in [3.05, 3.63) is 53.0 Å². The van der Waals surface area contributed by atoms with E-state index in [1.165, 1.54) is 18.5 Å². The van der Waals surface area contributed by atoms with E-state index in [1.807, 2.05) is 0 Å². The molecule has 2 N–H and O–H groups in total. The predicted molar refractivity (Wildman–Crippen MR) is 78.1 cm³/mol. The van der Waals surface area contributed by atoms with Gasteiger partial charge in [0, 0.05) is 10.2 Å². The van der Waals surface area contributed by atoms with E-state index in [9.17, 15) is 4.39 Å². The molecule has 20 heavy (non-hydrogen) atoms. The van der Waals surface area contributed by atoms with Crippen LogP contribution in [0.2, 0.25) is 0 Å². The summed E-state index contributed by atoms with van der Waals surface area (Å²) in [6.45, 7) is 0. The number of aromatic nitrogens is 2. The standard InChI is InChI=1S/C14H9BrFN3O/c15-8-1-4-13(11(16)5-8)20-14-10-6-9(17)2-3-12(10)18-7-19-14/h1-7H,17H2. The summed E-state index contributed by atoms with van der Waals surface area (Å²) in [4.78, 5) is 8.15. The van der Waals surface area contributed by atoms with Crippen LogP contribution < -0.4 is 10.5 Å². The Hall–Kier alpha value is -2.21. The van der Waals surface area contributed by atoms with Crippen LogP contribution in [0.15, 0.2) is 47.2 Å². The van der Waals surface area contributed by atoms with Gasteiger partial charge in [0.2, 0.25) is 5.88 Å². The fourth-order valence-electron chi connectivity index (χ4n) is 1.79. The van der Waals surface area contributed by atoms with E-state index in [0.29, 0.717) is 21.1 Å². The Labute approximate surface area is 122 Å². The van der Waals surface area contributed by atoms with Crippen LogP contribution in [0.5, 0.6) is 11.6 Å². The Morgan fingerprint density at radius 2 is 1.95 bits per heavy atom. The van der Waals surface area contributed by atoms with E-state index in [-0.39, 0.29) is 11.6 Å². The first-order chi connectivity index (χ1) is 9.63. The van der Waals surface area contributed by atoms with Gasteiger partial charge >= 0.3 is 0 Å². The molecule has 6 heteroatoms. The summed E-state index contributed by atoms with van der Waals surface area (Å²) >= 11 is 3.19. The van der Waals surface area contributed by atoms with Crippen LogP contribution in [-0.4, -0.2) is 9.97 Å². The summed E-state index contributed by atoms with van der Waals surface area (Å²) in [5.41, 5.74) is 6.99. The molecule has 100 valence electrons. The topological polar surface area (TPSA) is 61.0 Å². The molecule has 0 radical (unpaired) electrons. The first kappa shape index (κ1) is 12.8. The van der Waals surface area contributed by atoms with Crippen molar-refractivity contribution in [2.24, 2.45) is 0 Å². The lowest BCUT2D eigenvalue weighted by Gasteiger charge is -2.08. The molecule has 1 aromatic heterocycles. The largest absolute Gasteiger partial charge is 0.435 e. The Balaban J connectivity index is 2.08. The molecule has 0 spiro atoms. The van der Waals surface area contributed by atoms with Gasteiger partial charge in [-0.3, -0.25) is 0 Å². The Morgan fingerprint density at radius 1 is 1.10 bits per heavy atom. The van der Waals surface area contributed by atoms with Crippen LogP contribution >= 0.6 is 15.9 Å². The highest BCUT2D eigenvalue weighted by Gasteiger charge is 2.10. The first-order valence-electron chi connectivity index (χ1n) is 5.76. The number of nitrogens with zero attached hydrogens (tertiary/aromatic N) is 2. The molecular weight excluding hydrogens is 325 g/mol. The lowest BCUT2D eigenvalue weighted by atomic mass is 10.2. The van der Waals surface area contributed by atoms with Crippen molar-refractivity contribution in [1.29, 1.82) is 0 Å². The van der Waals surface area contributed by atoms with Crippen molar-refractivity contribution in [3.8, 4) is 11.6 Å². The van der Waals surface area contributed by atoms with Crippen LogP contribution in [0, 0.1) is 5.82 Å². The lowest BCUT2D eigenvalue weighted by molar-refractivity contribution is 0.431. The van der Waals surface area contributed by atoms with Gasteiger partial charge in [-0.15, -0.1) is 0 Å². The van der Waals surface area contributed by atoms with Gasteiger partial charge in [0.1, 0.15) is 6.33 Å². The van der Waals surface area contributed by atoms with E-state index in [1.54, 1.807) is 24.3 Å². The van der Waals surface area contributed by atoms with Crippen LogP contribution in [0.1, 0.15) is 0 Å². The maximum absolute atomic E-state index is 13.8. The number of halogens is 2. The van der Waals surface area contributed by atoms with Gasteiger partial charge in [0.15, 0.2) is 11.6 Å². The minimum Gasteiger partial charge on any atom is -0.435 e. The zero-order chi connectivity index (χ0) is 14.1. The van der Waals surface area contributed by atoms with Crippen molar-refractivity contribution in [2.45, 2.75) is 0 Å². The average Bonchev–Trinajstić information content (AvgIpc) is 2.42. The first-order valence-corrected chi connectivity index (χ1v) is 6.56. The van der Waals surface area contributed by atoms with Gasteiger partial charge < -0.3 is 10.5 Å². The van der Waals surface area contributed by atoms with Crippen molar-refractivity contribution in [1.82, 2.24) is 9.97 Å². The molecule has 3 rings (SSSR count). The number of hydrogen-bond donors (Lipinski definition) is 1. The number of nitrogens with two attached hydrogens (primary N) is 1. The molecule has 2 aromatic carbocycles. The molecule has 1 heterocycles. The third-order valence-corrected chi connectivity index (χ3v) is 3.22. The Kier molecular flexibility index (Phi) is 3.23. The highest BCUT2D eigenvalue weighted by atomic mass is 79.9. The highest BCUT2D eigenvalue weighted by molar-refractivity contribution is 9.10. The zero-order valence-corrected chi connectivity index (χ0v) is 11.8. The number of hydrogen-bond acceptors (Lipinski definition) is 4. The third kappa shape index (κ3) is 2.42. The van der Waals surface area contributed by atoms with E-state index < -0.39 is 5.82 Å². The van der Waals surface area contributed by atoms with Crippen molar-refractivity contribution < 1.29 is 9.13 Å². The molecule has 3 aromatic rings. The van der Waals surface area contributed by atoms with E-state index >= 15 is 0 Å². The van der Waals surface area contributed by atoms with E-state index in [0.717, 1.165) is 0 Å². The summed E-state index contributed by atoms with van der Waals surface area (Å²) < 4.78 is 20.0. The number of fused-ring (bicyclic) bond motifs is 1. The molecule has 4 nitrogen and oxygen atoms in total. The SMILES string of the molecule is Nc1ccc2ncnc(Oc3ccc(Br)cc3F)c2c1. The highest BCUT2D eigenvalue weighted by Crippen LogP contribution is 2.30. The predicted octanol–water partition coefficient (Wildman–Crippen LogP) is 3.91. The van der Waals surface area contributed by atoms with Gasteiger partial charge in [-0.25, -0.2) is 14.4 Å². The number of ether oxygens (including phenoxy) is 1. The molecule has 0 amide bonds. The molecular formula is C14H9BrFN3O. The summed E-state index contributed by atoms with van der Waals surface area (Å²) in [6.07, 6.45) is 1.37. The van der Waals surface area contributed by atoms with Crippen LogP contribution in [0.3, 0.4) is 0 Å². The second-order valence-corrected chi connectivity index (χ2v) is 5.05. The van der Waals surface area contributed by atoms with E-state index in [2.05, 4.69) is 25.9 Å². The Morgan fingerprint density at radius 3 is 2.75 bits per heavy atom. The van der Waals surface area contributed by atoms with Crippen LogP contribution in [0.25, 0.3) is 10.9 Å². The van der Waals surface area contributed by atoms with Crippen molar-refractivity contribution in [2.75, 3.05) is 5.73 Å². The molecule has 0 saturated carbocycles. The van der Waals surface area contributed by atoms with Crippen molar-refractivity contribution in [3.63, 3.8) is 0 Å². The number of anilines is 1. The maximum atomic E-state index is 13.8. The summed E-state index contributed by atoms with van der Waals surface area (Å²) in [7, 11) is 0. The quantitative estimate of drug-likeness (QED) is 0.722. The normalized spacial score (nSPS) is 10.7. The molecule has 0 aliphatic rings. The number of rotatable bonds is 2. The Bertz CT molecular complexity index is 794. The molecule has 0 unspecified atom stereocenters. The van der Waals surface area contributed by atoms with Crippen LogP contribution in [-0.2, 0) is 0 Å². The van der Waals surface area contributed by atoms with Gasteiger partial charge in [-0.1, -0.05) is 15.9 Å². The fraction of sp³-hybridized carbons (Fsp3) is 0. The number of benzene rings is 2. The molecule has 0 aliphatic heterocycles. The summed E-state index contributed by atoms with van der Waals surface area (Å²) in [5.74, 6) is -0.116. The van der Waals surface area contributed by atoms with Crippen LogP contribution in [0.4, 0.5) is 10.1 Å². The maximum Gasteiger partial charge on any atom is 0.230 e. The van der Waals surface area contributed by atoms with Crippen molar-refractivity contribution >= 4 is 32.5 Å². The minimum atomic E-state index is -0.477. The molecule has 0 atom stereocenters. The second-order valence-electron chi connectivity index (χ2n) is 4.13. The molecule has 0 bridgehead atoms. The monoisotopic (exact) mass is 333 g/mol. The zero-order valence-electron chi connectivity index (χ0n) is 10.2. The van der Waals surface area contributed by atoms with E-state index in [4.69, 9.17) is 10.5 Å².